The highest BCUT2D eigenvalue weighted by Gasteiger charge is 2.12. The van der Waals surface area contributed by atoms with Crippen LogP contribution in [0.3, 0.4) is 0 Å². The summed E-state index contributed by atoms with van der Waals surface area (Å²) in [5.41, 5.74) is 3.94. The summed E-state index contributed by atoms with van der Waals surface area (Å²) >= 11 is 0. The molecular weight excluding hydrogens is 288 g/mol. The summed E-state index contributed by atoms with van der Waals surface area (Å²) in [4.78, 5) is 16.9. The Hall–Kier alpha value is -2.88. The van der Waals surface area contributed by atoms with Crippen LogP contribution in [0, 0.1) is 13.8 Å². The molecule has 3 rings (SSSR count). The van der Waals surface area contributed by atoms with Crippen molar-refractivity contribution in [3.8, 4) is 5.75 Å². The quantitative estimate of drug-likeness (QED) is 0.778. The topological polar surface area (TPSA) is 62.2 Å². The second kappa shape index (κ2) is 6.08. The van der Waals surface area contributed by atoms with Crippen LogP contribution < -0.4 is 5.32 Å². The number of aromatic nitrogens is 1. The van der Waals surface area contributed by atoms with Gasteiger partial charge in [0, 0.05) is 17.5 Å². The van der Waals surface area contributed by atoms with Crippen molar-refractivity contribution in [3.05, 3.63) is 70.9 Å². The largest absolute Gasteiger partial charge is 0.508 e. The van der Waals surface area contributed by atoms with Crippen LogP contribution in [-0.2, 0) is 6.54 Å². The molecule has 0 saturated heterocycles. The fourth-order valence-corrected chi connectivity index (χ4v) is 2.55. The first kappa shape index (κ1) is 15.0. The summed E-state index contributed by atoms with van der Waals surface area (Å²) in [6.07, 6.45) is 0. The number of nitrogens with zero attached hydrogens (tertiary/aromatic N) is 1. The minimum Gasteiger partial charge on any atom is -0.508 e. The summed E-state index contributed by atoms with van der Waals surface area (Å²) in [5, 5.41) is 13.5. The molecule has 0 aliphatic carbocycles. The maximum absolute atomic E-state index is 12.4. The molecule has 0 unspecified atom stereocenters. The number of carbonyl (C=O) groups is 1. The average Bonchev–Trinajstić information content (AvgIpc) is 2.53. The number of rotatable bonds is 3. The third-order valence-corrected chi connectivity index (χ3v) is 3.84. The molecule has 1 amide bonds. The van der Waals surface area contributed by atoms with Crippen molar-refractivity contribution in [2.75, 3.05) is 0 Å². The fourth-order valence-electron chi connectivity index (χ4n) is 2.55. The molecule has 0 atom stereocenters. The Morgan fingerprint density at radius 1 is 1.13 bits per heavy atom. The molecule has 2 N–H and O–H groups in total. The van der Waals surface area contributed by atoms with E-state index in [2.05, 4.69) is 10.3 Å². The zero-order valence-corrected chi connectivity index (χ0v) is 13.1. The van der Waals surface area contributed by atoms with E-state index < -0.39 is 0 Å². The molecule has 23 heavy (non-hydrogen) atoms. The van der Waals surface area contributed by atoms with Gasteiger partial charge in [-0.1, -0.05) is 29.8 Å². The summed E-state index contributed by atoms with van der Waals surface area (Å²) < 4.78 is 0. The molecule has 0 saturated carbocycles. The molecule has 116 valence electrons. The first-order valence-corrected chi connectivity index (χ1v) is 7.47. The number of hydrogen-bond donors (Lipinski definition) is 2. The summed E-state index contributed by atoms with van der Waals surface area (Å²) in [6.45, 7) is 4.11. The number of pyridine rings is 1. The zero-order chi connectivity index (χ0) is 16.4. The van der Waals surface area contributed by atoms with Crippen molar-refractivity contribution < 1.29 is 9.90 Å². The monoisotopic (exact) mass is 306 g/mol. The minimum absolute atomic E-state index is 0.178. The molecule has 4 heteroatoms. The smallest absolute Gasteiger partial charge is 0.253 e. The SMILES string of the molecule is Cc1ccc2nc(C)c(C(=O)NCc3ccccc3O)cc2c1. The predicted molar refractivity (Wildman–Crippen MR) is 90.5 cm³/mol. The van der Waals surface area contributed by atoms with Gasteiger partial charge in [0.15, 0.2) is 0 Å². The van der Waals surface area contributed by atoms with Crippen LogP contribution in [0.25, 0.3) is 10.9 Å². The lowest BCUT2D eigenvalue weighted by Crippen LogP contribution is -2.24. The Kier molecular flexibility index (Phi) is 3.98. The number of benzene rings is 2. The molecule has 0 fully saturated rings. The van der Waals surface area contributed by atoms with Crippen molar-refractivity contribution >= 4 is 16.8 Å². The molecule has 0 bridgehead atoms. The average molecular weight is 306 g/mol. The van der Waals surface area contributed by atoms with Crippen LogP contribution in [0.2, 0.25) is 0 Å². The second-order valence-electron chi connectivity index (χ2n) is 5.63. The highest BCUT2D eigenvalue weighted by molar-refractivity contribution is 5.98. The second-order valence-corrected chi connectivity index (χ2v) is 5.63. The summed E-state index contributed by atoms with van der Waals surface area (Å²) in [6, 6.07) is 14.8. The Bertz CT molecular complexity index is 888. The van der Waals surface area contributed by atoms with Gasteiger partial charge >= 0.3 is 0 Å². The standard InChI is InChI=1S/C19H18N2O2/c1-12-7-8-17-15(9-12)10-16(13(2)21-17)19(23)20-11-14-5-3-4-6-18(14)22/h3-10,22H,11H2,1-2H3,(H,20,23). The van der Waals surface area contributed by atoms with Gasteiger partial charge in [0.1, 0.15) is 5.75 Å². The first-order chi connectivity index (χ1) is 11.0. The van der Waals surface area contributed by atoms with Crippen molar-refractivity contribution in [1.29, 1.82) is 0 Å². The van der Waals surface area contributed by atoms with Gasteiger partial charge in [-0.15, -0.1) is 0 Å². The van der Waals surface area contributed by atoms with Gasteiger partial charge in [0.2, 0.25) is 0 Å². The van der Waals surface area contributed by atoms with Crippen molar-refractivity contribution in [3.63, 3.8) is 0 Å². The highest BCUT2D eigenvalue weighted by Crippen LogP contribution is 2.19. The number of fused-ring (bicyclic) bond motifs is 1. The predicted octanol–water partition coefficient (Wildman–Crippen LogP) is 3.49. The van der Waals surface area contributed by atoms with Crippen molar-refractivity contribution in [2.24, 2.45) is 0 Å². The number of amides is 1. The van der Waals surface area contributed by atoms with E-state index >= 15 is 0 Å². The van der Waals surface area contributed by atoms with E-state index in [9.17, 15) is 9.90 Å². The van der Waals surface area contributed by atoms with Gasteiger partial charge in [0.25, 0.3) is 5.91 Å². The zero-order valence-electron chi connectivity index (χ0n) is 13.1. The van der Waals surface area contributed by atoms with E-state index in [1.54, 1.807) is 18.2 Å². The van der Waals surface area contributed by atoms with Crippen LogP contribution in [0.15, 0.2) is 48.5 Å². The number of nitrogens with one attached hydrogen (secondary N) is 1. The third-order valence-electron chi connectivity index (χ3n) is 3.84. The summed E-state index contributed by atoms with van der Waals surface area (Å²) in [5.74, 6) is -0.0153. The molecule has 0 spiro atoms. The van der Waals surface area contributed by atoms with Crippen LogP contribution in [0.5, 0.6) is 5.75 Å². The molecule has 1 aromatic heterocycles. The van der Waals surface area contributed by atoms with E-state index in [1.165, 1.54) is 0 Å². The Labute approximate surface area is 134 Å². The fraction of sp³-hybridized carbons (Fsp3) is 0.158. The lowest BCUT2D eigenvalue weighted by atomic mass is 10.1. The molecule has 0 aliphatic heterocycles. The van der Waals surface area contributed by atoms with Gasteiger partial charge in [-0.25, -0.2) is 0 Å². The number of hydrogen-bond acceptors (Lipinski definition) is 3. The number of phenolic OH excluding ortho intramolecular Hbond substituents is 1. The number of aromatic hydroxyl groups is 1. The number of carbonyl (C=O) groups excluding carboxylic acids is 1. The molecule has 0 radical (unpaired) electrons. The van der Waals surface area contributed by atoms with Crippen LogP contribution in [-0.4, -0.2) is 16.0 Å². The lowest BCUT2D eigenvalue weighted by molar-refractivity contribution is 0.0950. The molecule has 4 nitrogen and oxygen atoms in total. The van der Waals surface area contributed by atoms with Crippen molar-refractivity contribution in [2.45, 2.75) is 20.4 Å². The minimum atomic E-state index is -0.193. The number of para-hydroxylation sites is 1. The highest BCUT2D eigenvalue weighted by atomic mass is 16.3. The molecular formula is C19H18N2O2. The van der Waals surface area contributed by atoms with Gasteiger partial charge in [-0.2, -0.15) is 0 Å². The summed E-state index contributed by atoms with van der Waals surface area (Å²) in [7, 11) is 0. The van der Waals surface area contributed by atoms with E-state index in [0.717, 1.165) is 16.5 Å². The number of aryl methyl sites for hydroxylation is 2. The van der Waals surface area contributed by atoms with Gasteiger partial charge in [-0.05, 0) is 38.1 Å². The molecule has 1 heterocycles. The first-order valence-electron chi connectivity index (χ1n) is 7.47. The van der Waals surface area contributed by atoms with E-state index in [0.29, 0.717) is 16.8 Å². The Balaban J connectivity index is 1.85. The van der Waals surface area contributed by atoms with E-state index in [4.69, 9.17) is 0 Å². The van der Waals surface area contributed by atoms with Gasteiger partial charge in [0.05, 0.1) is 16.8 Å². The van der Waals surface area contributed by atoms with Crippen LogP contribution in [0.1, 0.15) is 27.2 Å². The molecule has 2 aromatic carbocycles. The Morgan fingerprint density at radius 3 is 2.70 bits per heavy atom. The van der Waals surface area contributed by atoms with E-state index in [1.807, 2.05) is 44.2 Å². The van der Waals surface area contributed by atoms with Crippen LogP contribution in [0.4, 0.5) is 0 Å². The Morgan fingerprint density at radius 2 is 1.91 bits per heavy atom. The van der Waals surface area contributed by atoms with Crippen molar-refractivity contribution in [1.82, 2.24) is 10.3 Å². The van der Waals surface area contributed by atoms with Gasteiger partial charge in [-0.3, -0.25) is 9.78 Å². The van der Waals surface area contributed by atoms with Gasteiger partial charge < -0.3 is 10.4 Å². The number of phenols is 1. The normalized spacial score (nSPS) is 10.7. The van der Waals surface area contributed by atoms with E-state index in [-0.39, 0.29) is 18.2 Å². The maximum atomic E-state index is 12.4. The van der Waals surface area contributed by atoms with Crippen LogP contribution >= 0.6 is 0 Å². The molecule has 3 aromatic rings. The lowest BCUT2D eigenvalue weighted by Gasteiger charge is -2.10. The maximum Gasteiger partial charge on any atom is 0.253 e. The molecule has 0 aliphatic rings. The third kappa shape index (κ3) is 3.16.